The highest BCUT2D eigenvalue weighted by molar-refractivity contribution is 5.96. The van der Waals surface area contributed by atoms with Crippen LogP contribution in [0.25, 0.3) is 11.0 Å². The molecule has 0 aliphatic heterocycles. The second kappa shape index (κ2) is 6.91. The number of hydrogen-bond donors (Lipinski definition) is 0. The third kappa shape index (κ3) is 3.51. The fourth-order valence-corrected chi connectivity index (χ4v) is 2.91. The summed E-state index contributed by atoms with van der Waals surface area (Å²) in [6.07, 6.45) is 1.89. The van der Waals surface area contributed by atoms with E-state index in [2.05, 4.69) is 25.1 Å². The zero-order valence-corrected chi connectivity index (χ0v) is 14.4. The standard InChI is InChI=1S/C21H22O3/c1-4-23-18-9-7-16(8-10-18)5-6-17-11-14(2)19-13-20(15(3)22)24-21(19)12-17/h7-13H,4-6H2,1-3H3. The third-order valence-corrected chi connectivity index (χ3v) is 4.19. The molecule has 3 nitrogen and oxygen atoms in total. The first-order valence-electron chi connectivity index (χ1n) is 8.32. The smallest absolute Gasteiger partial charge is 0.194 e. The monoisotopic (exact) mass is 322 g/mol. The third-order valence-electron chi connectivity index (χ3n) is 4.19. The molecule has 0 unspecified atom stereocenters. The van der Waals surface area contributed by atoms with Crippen LogP contribution in [0.2, 0.25) is 0 Å². The number of carbonyl (C=O) groups excluding carboxylic acids is 1. The van der Waals surface area contributed by atoms with Gasteiger partial charge in [-0.2, -0.15) is 0 Å². The van der Waals surface area contributed by atoms with E-state index in [1.165, 1.54) is 18.1 Å². The van der Waals surface area contributed by atoms with Crippen LogP contribution in [-0.2, 0) is 12.8 Å². The maximum absolute atomic E-state index is 11.5. The first-order chi connectivity index (χ1) is 11.6. The second-order valence-electron chi connectivity index (χ2n) is 6.07. The lowest BCUT2D eigenvalue weighted by Crippen LogP contribution is -1.94. The summed E-state index contributed by atoms with van der Waals surface area (Å²) in [6.45, 7) is 6.25. The van der Waals surface area contributed by atoms with E-state index in [9.17, 15) is 4.79 Å². The van der Waals surface area contributed by atoms with Crippen molar-refractivity contribution < 1.29 is 13.9 Å². The molecule has 2 aromatic carbocycles. The fourth-order valence-electron chi connectivity index (χ4n) is 2.91. The van der Waals surface area contributed by atoms with Gasteiger partial charge in [-0.1, -0.05) is 18.2 Å². The van der Waals surface area contributed by atoms with Crippen LogP contribution in [0.15, 0.2) is 46.9 Å². The van der Waals surface area contributed by atoms with Crippen molar-refractivity contribution >= 4 is 16.8 Å². The molecule has 0 saturated heterocycles. The molecule has 0 spiro atoms. The molecular formula is C21H22O3. The zero-order valence-electron chi connectivity index (χ0n) is 14.4. The Kier molecular flexibility index (Phi) is 4.70. The SMILES string of the molecule is CCOc1ccc(CCc2cc(C)c3cc(C(C)=O)oc3c2)cc1. The second-order valence-corrected chi connectivity index (χ2v) is 6.07. The number of fused-ring (bicyclic) bond motifs is 1. The van der Waals surface area contributed by atoms with E-state index in [1.807, 2.05) is 31.2 Å². The van der Waals surface area contributed by atoms with Gasteiger partial charge in [-0.15, -0.1) is 0 Å². The quantitative estimate of drug-likeness (QED) is 0.591. The van der Waals surface area contributed by atoms with E-state index in [0.717, 1.165) is 35.1 Å². The molecule has 3 heteroatoms. The van der Waals surface area contributed by atoms with Gasteiger partial charge in [0.1, 0.15) is 11.3 Å². The molecule has 3 rings (SSSR count). The number of hydrogen-bond acceptors (Lipinski definition) is 3. The van der Waals surface area contributed by atoms with Crippen LogP contribution in [0.1, 0.15) is 41.1 Å². The molecule has 3 aromatic rings. The lowest BCUT2D eigenvalue weighted by atomic mass is 10.0. The number of ketones is 1. The Balaban J connectivity index is 1.76. The summed E-state index contributed by atoms with van der Waals surface area (Å²) >= 11 is 0. The summed E-state index contributed by atoms with van der Waals surface area (Å²) in [5, 5.41) is 1.02. The minimum Gasteiger partial charge on any atom is -0.494 e. The Morgan fingerprint density at radius 3 is 2.42 bits per heavy atom. The van der Waals surface area contributed by atoms with Gasteiger partial charge < -0.3 is 9.15 Å². The van der Waals surface area contributed by atoms with Crippen LogP contribution >= 0.6 is 0 Å². The van der Waals surface area contributed by atoms with E-state index in [0.29, 0.717) is 12.4 Å². The van der Waals surface area contributed by atoms with E-state index >= 15 is 0 Å². The summed E-state index contributed by atoms with van der Waals surface area (Å²) < 4.78 is 11.1. The van der Waals surface area contributed by atoms with Gasteiger partial charge in [0.25, 0.3) is 0 Å². The fraction of sp³-hybridized carbons (Fsp3) is 0.286. The average Bonchev–Trinajstić information content (AvgIpc) is 3.00. The van der Waals surface area contributed by atoms with Crippen molar-refractivity contribution in [1.82, 2.24) is 0 Å². The van der Waals surface area contributed by atoms with Gasteiger partial charge in [-0.05, 0) is 67.6 Å². The maximum Gasteiger partial charge on any atom is 0.194 e. The zero-order chi connectivity index (χ0) is 17.1. The highest BCUT2D eigenvalue weighted by Gasteiger charge is 2.11. The predicted molar refractivity (Wildman–Crippen MR) is 96.0 cm³/mol. The van der Waals surface area contributed by atoms with Crippen LogP contribution in [-0.4, -0.2) is 12.4 Å². The van der Waals surface area contributed by atoms with Crippen LogP contribution in [0, 0.1) is 6.92 Å². The van der Waals surface area contributed by atoms with Crippen molar-refractivity contribution in [3.8, 4) is 5.75 Å². The Hall–Kier alpha value is -2.55. The van der Waals surface area contributed by atoms with Crippen molar-refractivity contribution in [2.45, 2.75) is 33.6 Å². The Morgan fingerprint density at radius 1 is 1.04 bits per heavy atom. The van der Waals surface area contributed by atoms with Gasteiger partial charge in [0.15, 0.2) is 11.5 Å². The van der Waals surface area contributed by atoms with E-state index < -0.39 is 0 Å². The Morgan fingerprint density at radius 2 is 1.75 bits per heavy atom. The van der Waals surface area contributed by atoms with Gasteiger partial charge in [-0.3, -0.25) is 4.79 Å². The van der Waals surface area contributed by atoms with Crippen LogP contribution < -0.4 is 4.74 Å². The average molecular weight is 322 g/mol. The molecule has 0 aliphatic rings. The molecule has 124 valence electrons. The van der Waals surface area contributed by atoms with E-state index in [4.69, 9.17) is 9.15 Å². The Bertz CT molecular complexity index is 857. The summed E-state index contributed by atoms with van der Waals surface area (Å²) in [5.41, 5.74) is 4.44. The van der Waals surface area contributed by atoms with Gasteiger partial charge in [0, 0.05) is 12.3 Å². The van der Waals surface area contributed by atoms with E-state index in [1.54, 1.807) is 0 Å². The summed E-state index contributed by atoms with van der Waals surface area (Å²) in [5.74, 6) is 1.30. The van der Waals surface area contributed by atoms with Gasteiger partial charge >= 0.3 is 0 Å². The number of aryl methyl sites for hydroxylation is 3. The van der Waals surface area contributed by atoms with Gasteiger partial charge in [-0.25, -0.2) is 0 Å². The number of benzene rings is 2. The molecule has 0 bridgehead atoms. The Labute approximate surface area is 142 Å². The summed E-state index contributed by atoms with van der Waals surface area (Å²) in [4.78, 5) is 11.5. The largest absolute Gasteiger partial charge is 0.494 e. The predicted octanol–water partition coefficient (Wildman–Crippen LogP) is 5.13. The number of ether oxygens (including phenoxy) is 1. The highest BCUT2D eigenvalue weighted by atomic mass is 16.5. The van der Waals surface area contributed by atoms with Crippen molar-refractivity contribution in [2.24, 2.45) is 0 Å². The molecule has 0 radical (unpaired) electrons. The molecule has 0 amide bonds. The normalized spacial score (nSPS) is 11.0. The minimum atomic E-state index is -0.0402. The summed E-state index contributed by atoms with van der Waals surface area (Å²) in [6, 6.07) is 14.3. The highest BCUT2D eigenvalue weighted by Crippen LogP contribution is 2.26. The van der Waals surface area contributed by atoms with Crippen LogP contribution in [0.4, 0.5) is 0 Å². The molecule has 1 heterocycles. The molecule has 0 fully saturated rings. The first-order valence-corrected chi connectivity index (χ1v) is 8.32. The lowest BCUT2D eigenvalue weighted by Gasteiger charge is -2.06. The molecule has 0 saturated carbocycles. The summed E-state index contributed by atoms with van der Waals surface area (Å²) in [7, 11) is 0. The van der Waals surface area contributed by atoms with Crippen LogP contribution in [0.5, 0.6) is 5.75 Å². The molecule has 1 aromatic heterocycles. The van der Waals surface area contributed by atoms with Gasteiger partial charge in [0.05, 0.1) is 6.61 Å². The van der Waals surface area contributed by atoms with Crippen molar-refractivity contribution in [3.63, 3.8) is 0 Å². The molecule has 0 N–H and O–H groups in total. The lowest BCUT2D eigenvalue weighted by molar-refractivity contribution is 0.0989. The topological polar surface area (TPSA) is 39.4 Å². The number of Topliss-reactive ketones (excluding diaryl/α,β-unsaturated/α-hetero) is 1. The van der Waals surface area contributed by atoms with Crippen LogP contribution in [0.3, 0.4) is 0 Å². The molecule has 0 aliphatic carbocycles. The van der Waals surface area contributed by atoms with Crippen molar-refractivity contribution in [2.75, 3.05) is 6.61 Å². The maximum atomic E-state index is 11.5. The minimum absolute atomic E-state index is 0.0402. The molecular weight excluding hydrogens is 300 g/mol. The number of rotatable bonds is 6. The van der Waals surface area contributed by atoms with Crippen molar-refractivity contribution in [3.05, 3.63) is 64.9 Å². The number of furan rings is 1. The molecule has 0 atom stereocenters. The van der Waals surface area contributed by atoms with Crippen molar-refractivity contribution in [1.29, 1.82) is 0 Å². The first kappa shape index (κ1) is 16.3. The molecule has 24 heavy (non-hydrogen) atoms. The van der Waals surface area contributed by atoms with Gasteiger partial charge in [0.2, 0.25) is 0 Å². The van der Waals surface area contributed by atoms with E-state index in [-0.39, 0.29) is 5.78 Å². The number of carbonyl (C=O) groups is 1.